The summed E-state index contributed by atoms with van der Waals surface area (Å²) in [4.78, 5) is 29.0. The van der Waals surface area contributed by atoms with Crippen molar-refractivity contribution in [3.63, 3.8) is 0 Å². The third kappa shape index (κ3) is 4.23. The normalized spacial score (nSPS) is 14.8. The summed E-state index contributed by atoms with van der Waals surface area (Å²) in [5.74, 6) is -0.913. The highest BCUT2D eigenvalue weighted by atomic mass is 32.2. The van der Waals surface area contributed by atoms with Crippen molar-refractivity contribution in [1.82, 2.24) is 9.29 Å². The van der Waals surface area contributed by atoms with E-state index in [9.17, 15) is 18.0 Å². The second kappa shape index (κ2) is 8.38. The Hall–Kier alpha value is -2.30. The van der Waals surface area contributed by atoms with Crippen molar-refractivity contribution in [2.75, 3.05) is 25.0 Å². The maximum atomic E-state index is 12.5. The number of carbonyl (C=O) groups is 2. The first-order chi connectivity index (χ1) is 13.3. The lowest BCUT2D eigenvalue weighted by molar-refractivity contribution is 0.0531. The summed E-state index contributed by atoms with van der Waals surface area (Å²) < 4.78 is 31.5. The van der Waals surface area contributed by atoms with Crippen molar-refractivity contribution in [2.45, 2.75) is 31.6 Å². The Kier molecular flexibility index (Phi) is 6.11. The van der Waals surface area contributed by atoms with Crippen LogP contribution in [0.15, 0.2) is 29.2 Å². The van der Waals surface area contributed by atoms with Crippen molar-refractivity contribution >= 4 is 38.4 Å². The van der Waals surface area contributed by atoms with Gasteiger partial charge in [0.15, 0.2) is 5.13 Å². The zero-order valence-corrected chi connectivity index (χ0v) is 17.2. The maximum Gasteiger partial charge on any atom is 0.350 e. The Bertz CT molecular complexity index is 977. The van der Waals surface area contributed by atoms with Gasteiger partial charge in [0, 0.05) is 18.7 Å². The van der Waals surface area contributed by atoms with E-state index < -0.39 is 21.9 Å². The lowest BCUT2D eigenvalue weighted by Gasteiger charge is -2.15. The molecular weight excluding hydrogens is 402 g/mol. The standard InChI is InChI=1S/C18H21N3O5S2/c1-3-26-17(23)15-12(2)19-18(27-15)20-16(22)13-6-8-14(9-7-13)28(24,25)21-10-4-5-11-21/h6-9H,3-5,10-11H2,1-2H3,(H,19,20,22). The fourth-order valence-corrected chi connectivity index (χ4v) is 5.23. The number of nitrogens with zero attached hydrogens (tertiary/aromatic N) is 2. The smallest absolute Gasteiger partial charge is 0.350 e. The number of hydrogen-bond donors (Lipinski definition) is 1. The van der Waals surface area contributed by atoms with E-state index in [0.29, 0.717) is 29.2 Å². The Morgan fingerprint density at radius 1 is 1.21 bits per heavy atom. The summed E-state index contributed by atoms with van der Waals surface area (Å²) in [7, 11) is -3.52. The predicted octanol–water partition coefficient (Wildman–Crippen LogP) is 2.67. The van der Waals surface area contributed by atoms with E-state index in [4.69, 9.17) is 4.74 Å². The van der Waals surface area contributed by atoms with Crippen molar-refractivity contribution in [2.24, 2.45) is 0 Å². The molecule has 8 nitrogen and oxygen atoms in total. The number of esters is 1. The molecule has 10 heteroatoms. The number of benzene rings is 1. The van der Waals surface area contributed by atoms with Gasteiger partial charge < -0.3 is 4.74 Å². The van der Waals surface area contributed by atoms with Crippen molar-refractivity contribution in [1.29, 1.82) is 0 Å². The fourth-order valence-electron chi connectivity index (χ4n) is 2.86. The number of hydrogen-bond acceptors (Lipinski definition) is 7. The van der Waals surface area contributed by atoms with Gasteiger partial charge in [0.05, 0.1) is 17.2 Å². The van der Waals surface area contributed by atoms with Gasteiger partial charge in [0.25, 0.3) is 5.91 Å². The molecule has 0 bridgehead atoms. The number of carbonyl (C=O) groups excluding carboxylic acids is 2. The number of aryl methyl sites for hydroxylation is 1. The fraction of sp³-hybridized carbons (Fsp3) is 0.389. The van der Waals surface area contributed by atoms with Gasteiger partial charge in [-0.2, -0.15) is 4.31 Å². The molecule has 1 aliphatic rings. The van der Waals surface area contributed by atoms with Crippen LogP contribution in [0.4, 0.5) is 5.13 Å². The van der Waals surface area contributed by atoms with Gasteiger partial charge in [0.1, 0.15) is 4.88 Å². The first kappa shape index (κ1) is 20.4. The number of anilines is 1. The minimum absolute atomic E-state index is 0.167. The topological polar surface area (TPSA) is 106 Å². The molecule has 1 aromatic carbocycles. The summed E-state index contributed by atoms with van der Waals surface area (Å²) >= 11 is 1.03. The summed E-state index contributed by atoms with van der Waals surface area (Å²) in [6.07, 6.45) is 1.72. The van der Waals surface area contributed by atoms with Crippen molar-refractivity contribution in [3.05, 3.63) is 40.4 Å². The van der Waals surface area contributed by atoms with Crippen LogP contribution in [0.25, 0.3) is 0 Å². The lowest BCUT2D eigenvalue weighted by atomic mass is 10.2. The highest BCUT2D eigenvalue weighted by Crippen LogP contribution is 2.25. The molecule has 1 amide bonds. The summed E-state index contributed by atoms with van der Waals surface area (Å²) in [6.45, 7) is 4.68. The second-order valence-corrected chi connectivity index (χ2v) is 9.18. The molecule has 3 rings (SSSR count). The molecule has 0 saturated carbocycles. The molecule has 1 aromatic heterocycles. The van der Waals surface area contributed by atoms with Crippen LogP contribution in [0.3, 0.4) is 0 Å². The Labute approximate surface area is 167 Å². The molecule has 150 valence electrons. The quantitative estimate of drug-likeness (QED) is 0.716. The number of rotatable bonds is 6. The van der Waals surface area contributed by atoms with Crippen LogP contribution >= 0.6 is 11.3 Å². The van der Waals surface area contributed by atoms with Gasteiger partial charge in [-0.3, -0.25) is 10.1 Å². The number of aromatic nitrogens is 1. The average molecular weight is 424 g/mol. The molecule has 0 atom stereocenters. The summed E-state index contributed by atoms with van der Waals surface area (Å²) in [5.41, 5.74) is 0.775. The van der Waals surface area contributed by atoms with Crippen LogP contribution in [0.5, 0.6) is 0 Å². The van der Waals surface area contributed by atoms with Gasteiger partial charge in [-0.25, -0.2) is 18.2 Å². The van der Waals surface area contributed by atoms with Gasteiger partial charge in [-0.05, 0) is 51.0 Å². The molecule has 0 unspecified atom stereocenters. The summed E-state index contributed by atoms with van der Waals surface area (Å²) in [6, 6.07) is 5.79. The van der Waals surface area contributed by atoms with Crippen LogP contribution in [-0.2, 0) is 14.8 Å². The number of amides is 1. The number of thiazole rings is 1. The first-order valence-electron chi connectivity index (χ1n) is 8.89. The monoisotopic (exact) mass is 423 g/mol. The SMILES string of the molecule is CCOC(=O)c1sc(NC(=O)c2ccc(S(=O)(=O)N3CCCC3)cc2)nc1C. The van der Waals surface area contributed by atoms with Crippen LogP contribution in [-0.4, -0.2) is 49.3 Å². The highest BCUT2D eigenvalue weighted by Gasteiger charge is 2.27. The van der Waals surface area contributed by atoms with E-state index in [1.807, 2.05) is 0 Å². The van der Waals surface area contributed by atoms with Crippen molar-refractivity contribution in [3.8, 4) is 0 Å². The van der Waals surface area contributed by atoms with Gasteiger partial charge in [-0.15, -0.1) is 0 Å². The molecule has 1 aliphatic heterocycles. The van der Waals surface area contributed by atoms with E-state index in [0.717, 1.165) is 24.2 Å². The Morgan fingerprint density at radius 3 is 2.46 bits per heavy atom. The molecule has 1 fully saturated rings. The second-order valence-electron chi connectivity index (χ2n) is 6.24. The van der Waals surface area contributed by atoms with E-state index in [-0.39, 0.29) is 16.6 Å². The van der Waals surface area contributed by atoms with Crippen LogP contribution in [0.1, 0.15) is 45.5 Å². The van der Waals surface area contributed by atoms with Crippen LogP contribution in [0.2, 0.25) is 0 Å². The zero-order valence-electron chi connectivity index (χ0n) is 15.6. The van der Waals surface area contributed by atoms with Gasteiger partial charge in [-0.1, -0.05) is 11.3 Å². The molecule has 1 saturated heterocycles. The third-order valence-electron chi connectivity index (χ3n) is 4.30. The number of ether oxygens (including phenoxy) is 1. The Balaban J connectivity index is 1.72. The maximum absolute atomic E-state index is 12.5. The number of nitrogens with one attached hydrogen (secondary N) is 1. The lowest BCUT2D eigenvalue weighted by Crippen LogP contribution is -2.27. The van der Waals surface area contributed by atoms with Crippen molar-refractivity contribution < 1.29 is 22.7 Å². The minimum atomic E-state index is -3.52. The van der Waals surface area contributed by atoms with E-state index in [1.165, 1.54) is 28.6 Å². The Morgan fingerprint density at radius 2 is 1.86 bits per heavy atom. The molecule has 0 aliphatic carbocycles. The third-order valence-corrected chi connectivity index (χ3v) is 7.26. The minimum Gasteiger partial charge on any atom is -0.462 e. The molecule has 2 aromatic rings. The molecule has 0 spiro atoms. The first-order valence-corrected chi connectivity index (χ1v) is 11.1. The van der Waals surface area contributed by atoms with Crippen LogP contribution in [0, 0.1) is 6.92 Å². The molecular formula is C18H21N3O5S2. The highest BCUT2D eigenvalue weighted by molar-refractivity contribution is 7.89. The van der Waals surface area contributed by atoms with E-state index in [1.54, 1.807) is 13.8 Å². The molecule has 1 N–H and O–H groups in total. The summed E-state index contributed by atoms with van der Waals surface area (Å²) in [5, 5.41) is 2.91. The van der Waals surface area contributed by atoms with E-state index in [2.05, 4.69) is 10.3 Å². The van der Waals surface area contributed by atoms with Crippen LogP contribution < -0.4 is 5.32 Å². The average Bonchev–Trinajstić information content (AvgIpc) is 3.32. The van der Waals surface area contributed by atoms with E-state index >= 15 is 0 Å². The van der Waals surface area contributed by atoms with Gasteiger partial charge >= 0.3 is 5.97 Å². The predicted molar refractivity (Wildman–Crippen MR) is 105 cm³/mol. The number of sulfonamides is 1. The largest absolute Gasteiger partial charge is 0.462 e. The molecule has 2 heterocycles. The molecule has 0 radical (unpaired) electrons. The molecule has 28 heavy (non-hydrogen) atoms. The van der Waals surface area contributed by atoms with Gasteiger partial charge in [0.2, 0.25) is 10.0 Å². The zero-order chi connectivity index (χ0) is 20.3.